The number of rotatable bonds is 3. The van der Waals surface area contributed by atoms with Crippen molar-refractivity contribution in [1.82, 2.24) is 5.32 Å². The monoisotopic (exact) mass is 195 g/mol. The summed E-state index contributed by atoms with van der Waals surface area (Å²) in [6.07, 6.45) is 7.18. The summed E-state index contributed by atoms with van der Waals surface area (Å²) in [6.45, 7) is 7.15. The first-order valence-electron chi connectivity index (χ1n) is 6.44. The maximum absolute atomic E-state index is 3.90. The minimum Gasteiger partial charge on any atom is -0.311 e. The molecule has 0 radical (unpaired) electrons. The molecule has 0 aromatic carbocycles. The van der Waals surface area contributed by atoms with Crippen molar-refractivity contribution < 1.29 is 0 Å². The average molecular weight is 195 g/mol. The van der Waals surface area contributed by atoms with Gasteiger partial charge >= 0.3 is 0 Å². The topological polar surface area (TPSA) is 12.0 Å². The molecule has 0 heterocycles. The molecule has 0 aromatic rings. The molecule has 0 aliphatic heterocycles. The summed E-state index contributed by atoms with van der Waals surface area (Å²) in [5.74, 6) is 2.75. The van der Waals surface area contributed by atoms with Gasteiger partial charge in [0.05, 0.1) is 0 Å². The van der Waals surface area contributed by atoms with Gasteiger partial charge in [-0.2, -0.15) is 0 Å². The Morgan fingerprint density at radius 1 is 1.00 bits per heavy atom. The van der Waals surface area contributed by atoms with Gasteiger partial charge in [-0.25, -0.2) is 0 Å². The van der Waals surface area contributed by atoms with Crippen LogP contribution in [0.15, 0.2) is 0 Å². The minimum atomic E-state index is 0.835. The highest BCUT2D eigenvalue weighted by molar-refractivity contribution is 4.92. The van der Waals surface area contributed by atoms with Gasteiger partial charge < -0.3 is 5.32 Å². The molecule has 0 bridgehead atoms. The highest BCUT2D eigenvalue weighted by Crippen LogP contribution is 2.36. The van der Waals surface area contributed by atoms with Gasteiger partial charge in [0.25, 0.3) is 0 Å². The Morgan fingerprint density at radius 2 is 1.79 bits per heavy atom. The predicted molar refractivity (Wildman–Crippen MR) is 61.3 cm³/mol. The van der Waals surface area contributed by atoms with Crippen LogP contribution in [-0.2, 0) is 0 Å². The Hall–Kier alpha value is -0.0400. The molecule has 1 N–H and O–H groups in total. The van der Waals surface area contributed by atoms with E-state index in [1.165, 1.54) is 32.1 Å². The SMILES string of the molecule is CC(C)C1CCC1NC1CCCC1C. The van der Waals surface area contributed by atoms with Crippen molar-refractivity contribution in [3.05, 3.63) is 0 Å². The molecule has 0 amide bonds. The van der Waals surface area contributed by atoms with Crippen LogP contribution in [0, 0.1) is 17.8 Å². The van der Waals surface area contributed by atoms with Gasteiger partial charge in [-0.1, -0.05) is 27.2 Å². The van der Waals surface area contributed by atoms with Gasteiger partial charge in [0.1, 0.15) is 0 Å². The van der Waals surface area contributed by atoms with Crippen LogP contribution >= 0.6 is 0 Å². The minimum absolute atomic E-state index is 0.835. The molecule has 4 atom stereocenters. The van der Waals surface area contributed by atoms with E-state index in [1.807, 2.05) is 0 Å². The molecule has 0 spiro atoms. The van der Waals surface area contributed by atoms with Crippen molar-refractivity contribution in [3.63, 3.8) is 0 Å². The summed E-state index contributed by atoms with van der Waals surface area (Å²) in [4.78, 5) is 0. The number of hydrogen-bond donors (Lipinski definition) is 1. The fraction of sp³-hybridized carbons (Fsp3) is 1.00. The summed E-state index contributed by atoms with van der Waals surface area (Å²) in [5, 5.41) is 3.90. The second kappa shape index (κ2) is 4.22. The van der Waals surface area contributed by atoms with Gasteiger partial charge in [0.15, 0.2) is 0 Å². The van der Waals surface area contributed by atoms with Crippen LogP contribution in [-0.4, -0.2) is 12.1 Å². The second-order valence-electron chi connectivity index (χ2n) is 5.77. The zero-order chi connectivity index (χ0) is 10.1. The van der Waals surface area contributed by atoms with Crippen molar-refractivity contribution >= 4 is 0 Å². The summed E-state index contributed by atoms with van der Waals surface area (Å²) in [7, 11) is 0. The van der Waals surface area contributed by atoms with E-state index in [2.05, 4.69) is 26.1 Å². The lowest BCUT2D eigenvalue weighted by atomic mass is 9.72. The molecule has 2 fully saturated rings. The van der Waals surface area contributed by atoms with E-state index in [9.17, 15) is 0 Å². The van der Waals surface area contributed by atoms with Crippen LogP contribution in [0.1, 0.15) is 52.9 Å². The van der Waals surface area contributed by atoms with Crippen molar-refractivity contribution in [2.45, 2.75) is 65.0 Å². The van der Waals surface area contributed by atoms with E-state index in [4.69, 9.17) is 0 Å². The predicted octanol–water partition coefficient (Wildman–Crippen LogP) is 3.20. The Kier molecular flexibility index (Phi) is 3.16. The molecule has 0 saturated heterocycles. The maximum Gasteiger partial charge on any atom is 0.0101 e. The molecule has 2 saturated carbocycles. The maximum atomic E-state index is 3.90. The van der Waals surface area contributed by atoms with Crippen molar-refractivity contribution in [1.29, 1.82) is 0 Å². The Labute approximate surface area is 88.7 Å². The van der Waals surface area contributed by atoms with Gasteiger partial charge in [-0.3, -0.25) is 0 Å². The smallest absolute Gasteiger partial charge is 0.0101 e. The van der Waals surface area contributed by atoms with Crippen LogP contribution < -0.4 is 5.32 Å². The summed E-state index contributed by atoms with van der Waals surface area (Å²) in [6, 6.07) is 1.68. The quantitative estimate of drug-likeness (QED) is 0.729. The van der Waals surface area contributed by atoms with Crippen LogP contribution in [0.4, 0.5) is 0 Å². The molecular formula is C13H25N. The van der Waals surface area contributed by atoms with Gasteiger partial charge in [0, 0.05) is 12.1 Å². The summed E-state index contributed by atoms with van der Waals surface area (Å²) >= 11 is 0. The molecule has 1 nitrogen and oxygen atoms in total. The molecule has 14 heavy (non-hydrogen) atoms. The van der Waals surface area contributed by atoms with Crippen LogP contribution in [0.25, 0.3) is 0 Å². The zero-order valence-corrected chi connectivity index (χ0v) is 9.92. The highest BCUT2D eigenvalue weighted by atomic mass is 15.0. The summed E-state index contributed by atoms with van der Waals surface area (Å²) in [5.41, 5.74) is 0. The van der Waals surface area contributed by atoms with E-state index >= 15 is 0 Å². The fourth-order valence-corrected chi connectivity index (χ4v) is 3.20. The highest BCUT2D eigenvalue weighted by Gasteiger charge is 2.36. The standard InChI is InChI=1S/C13H25N/c1-9(2)11-7-8-13(11)14-12-6-4-5-10(12)3/h9-14H,4-8H2,1-3H3. The molecule has 2 rings (SSSR count). The van der Waals surface area contributed by atoms with Crippen LogP contribution in [0.3, 0.4) is 0 Å². The van der Waals surface area contributed by atoms with Gasteiger partial charge in [-0.05, 0) is 43.4 Å². The third-order valence-corrected chi connectivity index (χ3v) is 4.47. The van der Waals surface area contributed by atoms with Crippen molar-refractivity contribution in [2.75, 3.05) is 0 Å². The van der Waals surface area contributed by atoms with Gasteiger partial charge in [0.2, 0.25) is 0 Å². The lowest BCUT2D eigenvalue weighted by Gasteiger charge is -2.42. The first-order chi connectivity index (χ1) is 6.68. The van der Waals surface area contributed by atoms with E-state index in [0.29, 0.717) is 0 Å². The van der Waals surface area contributed by atoms with Gasteiger partial charge in [-0.15, -0.1) is 0 Å². The Bertz CT molecular complexity index is 188. The number of hydrogen-bond acceptors (Lipinski definition) is 1. The lowest BCUT2D eigenvalue weighted by molar-refractivity contribution is 0.135. The molecule has 2 aliphatic carbocycles. The average Bonchev–Trinajstić information content (AvgIpc) is 2.44. The third-order valence-electron chi connectivity index (χ3n) is 4.47. The molecule has 82 valence electrons. The van der Waals surface area contributed by atoms with Crippen LogP contribution in [0.2, 0.25) is 0 Å². The fourth-order valence-electron chi connectivity index (χ4n) is 3.20. The largest absolute Gasteiger partial charge is 0.311 e. The zero-order valence-electron chi connectivity index (χ0n) is 9.92. The van der Waals surface area contributed by atoms with E-state index in [-0.39, 0.29) is 0 Å². The summed E-state index contributed by atoms with van der Waals surface area (Å²) < 4.78 is 0. The van der Waals surface area contributed by atoms with E-state index < -0.39 is 0 Å². The first-order valence-corrected chi connectivity index (χ1v) is 6.44. The van der Waals surface area contributed by atoms with Crippen molar-refractivity contribution in [2.24, 2.45) is 17.8 Å². The molecule has 4 unspecified atom stereocenters. The molecule has 0 aromatic heterocycles. The lowest BCUT2D eigenvalue weighted by Crippen LogP contribution is -2.51. The van der Waals surface area contributed by atoms with E-state index in [0.717, 1.165) is 29.8 Å². The first kappa shape index (κ1) is 10.5. The Morgan fingerprint density at radius 3 is 2.21 bits per heavy atom. The van der Waals surface area contributed by atoms with Crippen LogP contribution in [0.5, 0.6) is 0 Å². The second-order valence-corrected chi connectivity index (χ2v) is 5.77. The molecule has 1 heteroatoms. The normalized spacial score (nSPS) is 42.9. The number of nitrogens with one attached hydrogen (secondary N) is 1. The molecule has 2 aliphatic rings. The Balaban J connectivity index is 1.80. The van der Waals surface area contributed by atoms with Crippen molar-refractivity contribution in [3.8, 4) is 0 Å². The molecular weight excluding hydrogens is 170 g/mol. The third kappa shape index (κ3) is 1.98. The van der Waals surface area contributed by atoms with E-state index in [1.54, 1.807) is 0 Å².